The number of aromatic nitrogens is 2. The van der Waals surface area contributed by atoms with Crippen molar-refractivity contribution in [2.75, 3.05) is 6.54 Å². The van der Waals surface area contributed by atoms with Gasteiger partial charge in [-0.2, -0.15) is 0 Å². The molecule has 0 fully saturated rings. The van der Waals surface area contributed by atoms with E-state index < -0.39 is 0 Å². The van der Waals surface area contributed by atoms with E-state index in [4.69, 9.17) is 11.6 Å². The highest BCUT2D eigenvalue weighted by molar-refractivity contribution is 6.29. The molecule has 0 aliphatic heterocycles. The summed E-state index contributed by atoms with van der Waals surface area (Å²) in [7, 11) is 0. The smallest absolute Gasteiger partial charge is 0.251 e. The van der Waals surface area contributed by atoms with Crippen molar-refractivity contribution in [3.05, 3.63) is 58.6 Å². The number of carbonyl (C=O) groups excluding carboxylic acids is 1. The average Bonchev–Trinajstić information content (AvgIpc) is 2.47. The van der Waals surface area contributed by atoms with E-state index in [0.29, 0.717) is 23.7 Å². The predicted molar refractivity (Wildman–Crippen MR) is 83.6 cm³/mol. The third-order valence-corrected chi connectivity index (χ3v) is 3.25. The molecular formula is C16H18ClN3O. The number of nitrogens with zero attached hydrogens (tertiary/aromatic N) is 2. The Bertz CT molecular complexity index is 614. The Labute approximate surface area is 129 Å². The van der Waals surface area contributed by atoms with E-state index in [1.165, 1.54) is 0 Å². The quantitative estimate of drug-likeness (QED) is 0.863. The molecule has 1 amide bonds. The zero-order valence-corrected chi connectivity index (χ0v) is 12.9. The number of hydrogen-bond donors (Lipinski definition) is 1. The van der Waals surface area contributed by atoms with Gasteiger partial charge in [0.1, 0.15) is 5.15 Å². The Morgan fingerprint density at radius 3 is 2.81 bits per heavy atom. The van der Waals surface area contributed by atoms with Gasteiger partial charge in [0, 0.05) is 36.1 Å². The molecule has 0 atom stereocenters. The van der Waals surface area contributed by atoms with Crippen LogP contribution in [0.1, 0.15) is 41.5 Å². The van der Waals surface area contributed by atoms with Crippen LogP contribution in [0.2, 0.25) is 5.15 Å². The molecular weight excluding hydrogens is 286 g/mol. The lowest BCUT2D eigenvalue weighted by atomic mass is 10.1. The van der Waals surface area contributed by atoms with E-state index in [2.05, 4.69) is 15.3 Å². The second kappa shape index (κ2) is 7.18. The topological polar surface area (TPSA) is 54.9 Å². The third kappa shape index (κ3) is 4.53. The van der Waals surface area contributed by atoms with Gasteiger partial charge in [0.05, 0.1) is 0 Å². The highest BCUT2D eigenvalue weighted by Crippen LogP contribution is 2.17. The molecule has 0 spiro atoms. The number of amides is 1. The van der Waals surface area contributed by atoms with Crippen LogP contribution in [0.5, 0.6) is 0 Å². The molecule has 2 heterocycles. The van der Waals surface area contributed by atoms with Crippen LogP contribution in [0.3, 0.4) is 0 Å². The largest absolute Gasteiger partial charge is 0.352 e. The molecule has 0 aliphatic rings. The number of rotatable bonds is 5. The summed E-state index contributed by atoms with van der Waals surface area (Å²) in [5.41, 5.74) is 2.31. The Morgan fingerprint density at radius 1 is 1.33 bits per heavy atom. The Morgan fingerprint density at radius 2 is 2.14 bits per heavy atom. The lowest BCUT2D eigenvalue weighted by molar-refractivity contribution is 0.0954. The normalized spacial score (nSPS) is 10.7. The summed E-state index contributed by atoms with van der Waals surface area (Å²) in [6.07, 6.45) is 2.44. The minimum Gasteiger partial charge on any atom is -0.352 e. The highest BCUT2D eigenvalue weighted by Gasteiger charge is 2.11. The van der Waals surface area contributed by atoms with Crippen LogP contribution in [0.4, 0.5) is 0 Å². The van der Waals surface area contributed by atoms with Crippen LogP contribution in [-0.4, -0.2) is 22.4 Å². The van der Waals surface area contributed by atoms with Gasteiger partial charge in [0.25, 0.3) is 5.91 Å². The summed E-state index contributed by atoms with van der Waals surface area (Å²) in [6.45, 7) is 4.57. The van der Waals surface area contributed by atoms with Crippen molar-refractivity contribution >= 4 is 17.5 Å². The van der Waals surface area contributed by atoms with Gasteiger partial charge in [0.15, 0.2) is 0 Å². The summed E-state index contributed by atoms with van der Waals surface area (Å²) in [5.74, 6) is 0.0842. The van der Waals surface area contributed by atoms with Gasteiger partial charge in [0.2, 0.25) is 0 Å². The standard InChI is InChI=1S/C16H18ClN3O/c1-11(2)14-9-12(10-15(17)20-14)16(21)19-8-6-13-5-3-4-7-18-13/h3-5,7,9-11H,6,8H2,1-2H3,(H,19,21). The molecule has 2 aromatic rings. The fraction of sp³-hybridized carbons (Fsp3) is 0.312. The number of halogens is 1. The molecule has 0 aromatic carbocycles. The van der Waals surface area contributed by atoms with Crippen LogP contribution in [0.15, 0.2) is 36.5 Å². The second-order valence-corrected chi connectivity index (χ2v) is 5.47. The maximum atomic E-state index is 12.1. The molecule has 2 rings (SSSR count). The van der Waals surface area contributed by atoms with E-state index in [-0.39, 0.29) is 11.8 Å². The Hall–Kier alpha value is -1.94. The molecule has 110 valence electrons. The van der Waals surface area contributed by atoms with Crippen molar-refractivity contribution in [2.45, 2.75) is 26.2 Å². The number of nitrogens with one attached hydrogen (secondary N) is 1. The first-order chi connectivity index (χ1) is 10.1. The second-order valence-electron chi connectivity index (χ2n) is 5.09. The number of pyridine rings is 2. The van der Waals surface area contributed by atoms with E-state index in [9.17, 15) is 4.79 Å². The monoisotopic (exact) mass is 303 g/mol. The van der Waals surface area contributed by atoms with E-state index in [0.717, 1.165) is 11.4 Å². The zero-order valence-electron chi connectivity index (χ0n) is 12.1. The maximum Gasteiger partial charge on any atom is 0.251 e. The maximum absolute atomic E-state index is 12.1. The van der Waals surface area contributed by atoms with Gasteiger partial charge < -0.3 is 5.32 Å². The molecule has 21 heavy (non-hydrogen) atoms. The first-order valence-electron chi connectivity index (χ1n) is 6.92. The summed E-state index contributed by atoms with van der Waals surface area (Å²) in [5, 5.41) is 3.22. The van der Waals surface area contributed by atoms with E-state index in [1.54, 1.807) is 18.3 Å². The molecule has 0 unspecified atom stereocenters. The Kier molecular flexibility index (Phi) is 5.28. The Balaban J connectivity index is 1.97. The number of carbonyl (C=O) groups is 1. The van der Waals surface area contributed by atoms with E-state index in [1.807, 2.05) is 32.0 Å². The number of hydrogen-bond acceptors (Lipinski definition) is 3. The molecule has 0 bridgehead atoms. The van der Waals surface area contributed by atoms with E-state index >= 15 is 0 Å². The average molecular weight is 304 g/mol. The molecule has 0 saturated carbocycles. The molecule has 0 aliphatic carbocycles. The lowest BCUT2D eigenvalue weighted by Gasteiger charge is -2.09. The van der Waals surface area contributed by atoms with Crippen molar-refractivity contribution in [2.24, 2.45) is 0 Å². The minimum absolute atomic E-state index is 0.142. The van der Waals surface area contributed by atoms with Crippen molar-refractivity contribution < 1.29 is 4.79 Å². The van der Waals surface area contributed by atoms with Crippen LogP contribution in [-0.2, 0) is 6.42 Å². The van der Waals surface area contributed by atoms with Crippen molar-refractivity contribution in [3.63, 3.8) is 0 Å². The summed E-state index contributed by atoms with van der Waals surface area (Å²) in [6, 6.07) is 9.11. The first kappa shape index (κ1) is 15.4. The van der Waals surface area contributed by atoms with Crippen molar-refractivity contribution in [1.82, 2.24) is 15.3 Å². The van der Waals surface area contributed by atoms with Gasteiger partial charge in [-0.15, -0.1) is 0 Å². The third-order valence-electron chi connectivity index (χ3n) is 3.06. The zero-order chi connectivity index (χ0) is 15.2. The van der Waals surface area contributed by atoms with Crippen LogP contribution in [0, 0.1) is 0 Å². The minimum atomic E-state index is -0.142. The van der Waals surface area contributed by atoms with Gasteiger partial charge in [-0.25, -0.2) is 4.98 Å². The van der Waals surface area contributed by atoms with Crippen LogP contribution in [0.25, 0.3) is 0 Å². The van der Waals surface area contributed by atoms with Gasteiger partial charge in [-0.05, 0) is 30.2 Å². The fourth-order valence-corrected chi connectivity index (χ4v) is 2.11. The summed E-state index contributed by atoms with van der Waals surface area (Å²) in [4.78, 5) is 20.6. The molecule has 1 N–H and O–H groups in total. The predicted octanol–water partition coefficient (Wildman–Crippen LogP) is 3.23. The van der Waals surface area contributed by atoms with Crippen LogP contribution < -0.4 is 5.32 Å². The summed E-state index contributed by atoms with van der Waals surface area (Å²) >= 11 is 5.97. The molecule has 2 aromatic heterocycles. The van der Waals surface area contributed by atoms with Crippen LogP contribution >= 0.6 is 11.6 Å². The van der Waals surface area contributed by atoms with Gasteiger partial charge in [-0.3, -0.25) is 9.78 Å². The molecule has 4 nitrogen and oxygen atoms in total. The fourth-order valence-electron chi connectivity index (χ4n) is 1.90. The SMILES string of the molecule is CC(C)c1cc(C(=O)NCCc2ccccn2)cc(Cl)n1. The van der Waals surface area contributed by atoms with Gasteiger partial charge in [-0.1, -0.05) is 31.5 Å². The highest BCUT2D eigenvalue weighted by atomic mass is 35.5. The summed E-state index contributed by atoms with van der Waals surface area (Å²) < 4.78 is 0. The first-order valence-corrected chi connectivity index (χ1v) is 7.29. The molecule has 5 heteroatoms. The van der Waals surface area contributed by atoms with Crippen molar-refractivity contribution in [3.8, 4) is 0 Å². The lowest BCUT2D eigenvalue weighted by Crippen LogP contribution is -2.26. The van der Waals surface area contributed by atoms with Crippen molar-refractivity contribution in [1.29, 1.82) is 0 Å². The van der Waals surface area contributed by atoms with Gasteiger partial charge >= 0.3 is 0 Å². The molecule has 0 saturated heterocycles. The molecule has 0 radical (unpaired) electrons.